The number of pyridine rings is 1. The van der Waals surface area contributed by atoms with E-state index in [1.54, 1.807) is 7.11 Å². The Morgan fingerprint density at radius 2 is 2.27 bits per heavy atom. The summed E-state index contributed by atoms with van der Waals surface area (Å²) in [6.45, 7) is 0.469. The molecule has 0 aliphatic rings. The zero-order valence-corrected chi connectivity index (χ0v) is 10.5. The van der Waals surface area contributed by atoms with E-state index in [0.717, 1.165) is 21.1 Å². The molecule has 0 atom stereocenters. The molecule has 0 saturated heterocycles. The molecule has 0 amide bonds. The smallest absolute Gasteiger partial charge is 0.0884 e. The van der Waals surface area contributed by atoms with Crippen LogP contribution in [0.1, 0.15) is 5.69 Å². The maximum absolute atomic E-state index is 6.15. The molecule has 1 aromatic carbocycles. The highest BCUT2D eigenvalue weighted by Crippen LogP contribution is 2.28. The molecule has 2 aromatic rings. The van der Waals surface area contributed by atoms with E-state index in [4.69, 9.17) is 16.3 Å². The summed E-state index contributed by atoms with van der Waals surface area (Å²) in [5.74, 6) is 0. The van der Waals surface area contributed by atoms with Crippen LogP contribution in [-0.2, 0) is 11.3 Å². The van der Waals surface area contributed by atoms with E-state index in [9.17, 15) is 0 Å². The molecule has 2 rings (SSSR count). The van der Waals surface area contributed by atoms with E-state index in [1.165, 1.54) is 0 Å². The molecule has 0 fully saturated rings. The van der Waals surface area contributed by atoms with Gasteiger partial charge in [0.25, 0.3) is 0 Å². The first-order valence-corrected chi connectivity index (χ1v) is 5.62. The van der Waals surface area contributed by atoms with Crippen LogP contribution in [0.15, 0.2) is 28.7 Å². The number of ether oxygens (including phenoxy) is 1. The number of aromatic nitrogens is 1. The molecular weight excluding hydrogens is 277 g/mol. The molecule has 78 valence electrons. The fourth-order valence-electron chi connectivity index (χ4n) is 1.44. The lowest BCUT2D eigenvalue weighted by molar-refractivity contribution is 0.182. The van der Waals surface area contributed by atoms with Crippen LogP contribution in [0.5, 0.6) is 0 Å². The fourth-order valence-corrected chi connectivity index (χ4v) is 2.18. The topological polar surface area (TPSA) is 22.1 Å². The monoisotopic (exact) mass is 285 g/mol. The third-order valence-corrected chi connectivity index (χ3v) is 3.04. The number of benzene rings is 1. The minimum atomic E-state index is 0.469. The van der Waals surface area contributed by atoms with Crippen molar-refractivity contribution in [1.82, 2.24) is 4.98 Å². The molecule has 15 heavy (non-hydrogen) atoms. The van der Waals surface area contributed by atoms with Gasteiger partial charge in [-0.1, -0.05) is 23.7 Å². The van der Waals surface area contributed by atoms with Crippen LogP contribution < -0.4 is 0 Å². The van der Waals surface area contributed by atoms with E-state index >= 15 is 0 Å². The summed E-state index contributed by atoms with van der Waals surface area (Å²) in [4.78, 5) is 4.47. The number of para-hydroxylation sites is 1. The minimum Gasteiger partial charge on any atom is -0.378 e. The van der Waals surface area contributed by atoms with Gasteiger partial charge in [0.05, 0.1) is 22.8 Å². The summed E-state index contributed by atoms with van der Waals surface area (Å²) < 4.78 is 5.98. The molecule has 4 heteroatoms. The maximum atomic E-state index is 6.15. The summed E-state index contributed by atoms with van der Waals surface area (Å²) in [6.07, 6.45) is 0. The highest BCUT2D eigenvalue weighted by Gasteiger charge is 2.06. The van der Waals surface area contributed by atoms with Gasteiger partial charge in [0.2, 0.25) is 0 Å². The van der Waals surface area contributed by atoms with E-state index in [2.05, 4.69) is 20.9 Å². The highest BCUT2D eigenvalue weighted by molar-refractivity contribution is 9.10. The molecule has 2 nitrogen and oxygen atoms in total. The Morgan fingerprint density at radius 1 is 1.47 bits per heavy atom. The van der Waals surface area contributed by atoms with Gasteiger partial charge in [-0.2, -0.15) is 0 Å². The Balaban J connectivity index is 2.68. The van der Waals surface area contributed by atoms with E-state index < -0.39 is 0 Å². The van der Waals surface area contributed by atoms with Crippen molar-refractivity contribution in [1.29, 1.82) is 0 Å². The van der Waals surface area contributed by atoms with Gasteiger partial charge in [-0.15, -0.1) is 0 Å². The standard InChI is InChI=1S/C11H9BrClNO/c1-15-6-7-5-10(13)8-3-2-4-9(12)11(8)14-7/h2-5H,6H2,1H3. The first kappa shape index (κ1) is 10.9. The van der Waals surface area contributed by atoms with Crippen molar-refractivity contribution in [3.63, 3.8) is 0 Å². The predicted molar refractivity (Wildman–Crippen MR) is 65.2 cm³/mol. The van der Waals surface area contributed by atoms with Crippen LogP contribution in [-0.4, -0.2) is 12.1 Å². The van der Waals surface area contributed by atoms with Crippen LogP contribution in [0.3, 0.4) is 0 Å². The van der Waals surface area contributed by atoms with Crippen molar-refractivity contribution < 1.29 is 4.74 Å². The molecule has 0 spiro atoms. The zero-order chi connectivity index (χ0) is 10.8. The van der Waals surface area contributed by atoms with Crippen molar-refractivity contribution in [2.45, 2.75) is 6.61 Å². The van der Waals surface area contributed by atoms with E-state index in [1.807, 2.05) is 24.3 Å². The predicted octanol–water partition coefficient (Wildman–Crippen LogP) is 3.80. The molecule has 0 unspecified atom stereocenters. The fraction of sp³-hybridized carbons (Fsp3) is 0.182. The number of fused-ring (bicyclic) bond motifs is 1. The van der Waals surface area contributed by atoms with Crippen molar-refractivity contribution in [2.24, 2.45) is 0 Å². The summed E-state index contributed by atoms with van der Waals surface area (Å²) >= 11 is 9.61. The number of hydrogen-bond acceptors (Lipinski definition) is 2. The normalized spacial score (nSPS) is 10.9. The van der Waals surface area contributed by atoms with Crippen molar-refractivity contribution in [3.05, 3.63) is 39.5 Å². The molecular formula is C11H9BrClNO. The average Bonchev–Trinajstić information content (AvgIpc) is 2.20. The first-order valence-electron chi connectivity index (χ1n) is 4.45. The summed E-state index contributed by atoms with van der Waals surface area (Å²) in [7, 11) is 1.64. The lowest BCUT2D eigenvalue weighted by Crippen LogP contribution is -1.93. The number of hydrogen-bond donors (Lipinski definition) is 0. The van der Waals surface area contributed by atoms with Crippen molar-refractivity contribution in [2.75, 3.05) is 7.11 Å². The second-order valence-corrected chi connectivity index (χ2v) is 4.43. The first-order chi connectivity index (χ1) is 7.22. The average molecular weight is 287 g/mol. The molecule has 0 N–H and O–H groups in total. The Labute approximate surface area is 101 Å². The quantitative estimate of drug-likeness (QED) is 0.838. The second-order valence-electron chi connectivity index (χ2n) is 3.16. The van der Waals surface area contributed by atoms with Crippen LogP contribution in [0, 0.1) is 0 Å². The molecule has 0 bridgehead atoms. The summed E-state index contributed by atoms with van der Waals surface area (Å²) in [5, 5.41) is 1.65. The van der Waals surface area contributed by atoms with Gasteiger partial charge in [0.1, 0.15) is 0 Å². The van der Waals surface area contributed by atoms with Gasteiger partial charge in [-0.3, -0.25) is 0 Å². The van der Waals surface area contributed by atoms with Gasteiger partial charge in [-0.05, 0) is 28.1 Å². The van der Waals surface area contributed by atoms with E-state index in [-0.39, 0.29) is 0 Å². The second kappa shape index (κ2) is 4.47. The van der Waals surface area contributed by atoms with Gasteiger partial charge in [0.15, 0.2) is 0 Å². The van der Waals surface area contributed by atoms with Crippen molar-refractivity contribution >= 4 is 38.4 Å². The Morgan fingerprint density at radius 3 is 3.00 bits per heavy atom. The van der Waals surface area contributed by atoms with Gasteiger partial charge < -0.3 is 4.74 Å². The van der Waals surface area contributed by atoms with Crippen LogP contribution in [0.4, 0.5) is 0 Å². The molecule has 0 aliphatic heterocycles. The van der Waals surface area contributed by atoms with Gasteiger partial charge in [-0.25, -0.2) is 4.98 Å². The highest BCUT2D eigenvalue weighted by atomic mass is 79.9. The minimum absolute atomic E-state index is 0.469. The number of methoxy groups -OCH3 is 1. The Kier molecular flexibility index (Phi) is 3.24. The van der Waals surface area contributed by atoms with Crippen LogP contribution in [0.2, 0.25) is 5.02 Å². The third-order valence-electron chi connectivity index (χ3n) is 2.09. The van der Waals surface area contributed by atoms with Crippen LogP contribution >= 0.6 is 27.5 Å². The molecule has 1 heterocycles. The SMILES string of the molecule is COCc1cc(Cl)c2cccc(Br)c2n1. The molecule has 1 aromatic heterocycles. The maximum Gasteiger partial charge on any atom is 0.0884 e. The summed E-state index contributed by atoms with van der Waals surface area (Å²) in [6, 6.07) is 7.67. The summed E-state index contributed by atoms with van der Waals surface area (Å²) in [5.41, 5.74) is 1.71. The third kappa shape index (κ3) is 2.14. The van der Waals surface area contributed by atoms with Gasteiger partial charge >= 0.3 is 0 Å². The zero-order valence-electron chi connectivity index (χ0n) is 8.13. The Bertz CT molecular complexity index is 501. The molecule has 0 saturated carbocycles. The largest absolute Gasteiger partial charge is 0.378 e. The number of rotatable bonds is 2. The van der Waals surface area contributed by atoms with Crippen LogP contribution in [0.25, 0.3) is 10.9 Å². The number of halogens is 2. The molecule has 0 radical (unpaired) electrons. The number of nitrogens with zero attached hydrogens (tertiary/aromatic N) is 1. The van der Waals surface area contributed by atoms with Gasteiger partial charge in [0, 0.05) is 17.0 Å². The molecule has 0 aliphatic carbocycles. The van der Waals surface area contributed by atoms with Crippen molar-refractivity contribution in [3.8, 4) is 0 Å². The lowest BCUT2D eigenvalue weighted by Gasteiger charge is -2.05. The Hall–Kier alpha value is -0.640. The van der Waals surface area contributed by atoms with E-state index in [0.29, 0.717) is 11.6 Å². The lowest BCUT2D eigenvalue weighted by atomic mass is 10.2.